The van der Waals surface area contributed by atoms with E-state index < -0.39 is 0 Å². The van der Waals surface area contributed by atoms with Crippen molar-refractivity contribution in [2.24, 2.45) is 0 Å². The Hall–Kier alpha value is -2.81. The van der Waals surface area contributed by atoms with E-state index in [1.54, 1.807) is 6.07 Å². The van der Waals surface area contributed by atoms with Gasteiger partial charge in [0.05, 0.1) is 5.52 Å². The SMILES string of the molecule is Cc1cc(F)c2nc(C)cc(C(C)C)c2c1.Cc1ccc2ncccc2c1. The molecular weight excluding hydrogens is 335 g/mol. The second-order valence-electron chi connectivity index (χ2n) is 7.35. The molecule has 4 aromatic rings. The zero-order valence-corrected chi connectivity index (χ0v) is 16.5. The minimum atomic E-state index is -0.222. The Balaban J connectivity index is 0.000000166. The number of benzene rings is 2. The summed E-state index contributed by atoms with van der Waals surface area (Å²) in [6, 6.07) is 15.9. The molecule has 27 heavy (non-hydrogen) atoms. The van der Waals surface area contributed by atoms with Gasteiger partial charge in [-0.25, -0.2) is 4.39 Å². The minimum absolute atomic E-state index is 0.222. The van der Waals surface area contributed by atoms with Crippen molar-refractivity contribution in [3.05, 3.63) is 82.9 Å². The van der Waals surface area contributed by atoms with Crippen molar-refractivity contribution in [3.8, 4) is 0 Å². The van der Waals surface area contributed by atoms with Crippen LogP contribution in [0.15, 0.2) is 54.7 Å². The van der Waals surface area contributed by atoms with Crippen LogP contribution in [0.5, 0.6) is 0 Å². The molecule has 0 atom stereocenters. The van der Waals surface area contributed by atoms with E-state index >= 15 is 0 Å². The summed E-state index contributed by atoms with van der Waals surface area (Å²) in [6.07, 6.45) is 1.82. The summed E-state index contributed by atoms with van der Waals surface area (Å²) in [5.74, 6) is 0.158. The lowest BCUT2D eigenvalue weighted by atomic mass is 9.96. The van der Waals surface area contributed by atoms with Gasteiger partial charge in [0.15, 0.2) is 0 Å². The third-order valence-electron chi connectivity index (χ3n) is 4.55. The van der Waals surface area contributed by atoms with E-state index in [1.165, 1.54) is 16.5 Å². The van der Waals surface area contributed by atoms with Crippen molar-refractivity contribution in [1.29, 1.82) is 0 Å². The highest BCUT2D eigenvalue weighted by atomic mass is 19.1. The molecule has 0 aliphatic heterocycles. The summed E-state index contributed by atoms with van der Waals surface area (Å²) in [5, 5.41) is 2.16. The minimum Gasteiger partial charge on any atom is -0.256 e. The molecule has 2 heterocycles. The Morgan fingerprint density at radius 3 is 2.41 bits per heavy atom. The maximum atomic E-state index is 13.8. The van der Waals surface area contributed by atoms with Gasteiger partial charge in [-0.15, -0.1) is 0 Å². The highest BCUT2D eigenvalue weighted by Gasteiger charge is 2.11. The second-order valence-corrected chi connectivity index (χ2v) is 7.35. The number of pyridine rings is 2. The van der Waals surface area contributed by atoms with Crippen molar-refractivity contribution < 1.29 is 4.39 Å². The summed E-state index contributed by atoms with van der Waals surface area (Å²) in [6.45, 7) is 10.1. The van der Waals surface area contributed by atoms with Gasteiger partial charge >= 0.3 is 0 Å². The van der Waals surface area contributed by atoms with Gasteiger partial charge in [0, 0.05) is 22.7 Å². The summed E-state index contributed by atoms with van der Waals surface area (Å²) >= 11 is 0. The van der Waals surface area contributed by atoms with Crippen LogP contribution in [0.1, 0.15) is 42.1 Å². The first-order valence-electron chi connectivity index (χ1n) is 9.24. The summed E-state index contributed by atoms with van der Waals surface area (Å²) in [7, 11) is 0. The van der Waals surface area contributed by atoms with E-state index in [0.29, 0.717) is 11.4 Å². The zero-order valence-electron chi connectivity index (χ0n) is 16.5. The number of halogens is 1. The van der Waals surface area contributed by atoms with Crippen molar-refractivity contribution in [1.82, 2.24) is 9.97 Å². The van der Waals surface area contributed by atoms with Crippen molar-refractivity contribution >= 4 is 21.8 Å². The molecule has 138 valence electrons. The molecule has 3 heteroatoms. The molecule has 2 aromatic heterocycles. The molecule has 0 aliphatic carbocycles. The molecule has 0 aliphatic rings. The predicted molar refractivity (Wildman–Crippen MR) is 112 cm³/mol. The van der Waals surface area contributed by atoms with E-state index in [2.05, 4.69) is 48.9 Å². The summed E-state index contributed by atoms with van der Waals surface area (Å²) in [4.78, 5) is 8.51. The molecule has 0 unspecified atom stereocenters. The average Bonchev–Trinajstić information content (AvgIpc) is 2.62. The smallest absolute Gasteiger partial charge is 0.149 e. The van der Waals surface area contributed by atoms with Gasteiger partial charge in [0.2, 0.25) is 0 Å². The second kappa shape index (κ2) is 7.83. The standard InChI is InChI=1S/C14H16FN.C10H9N/c1-8(2)11-7-10(4)16-14-12(11)5-9(3)6-13(14)15;1-8-4-5-10-9(7-8)3-2-6-11-10/h5-8H,1-4H3;2-7H,1H3. The Labute approximate surface area is 160 Å². The Bertz CT molecular complexity index is 1100. The fraction of sp³-hybridized carbons (Fsp3) is 0.250. The van der Waals surface area contributed by atoms with Crippen LogP contribution < -0.4 is 0 Å². The van der Waals surface area contributed by atoms with Crippen LogP contribution in [0.3, 0.4) is 0 Å². The average molecular weight is 360 g/mol. The largest absolute Gasteiger partial charge is 0.256 e. The third kappa shape index (κ3) is 4.30. The van der Waals surface area contributed by atoms with Gasteiger partial charge in [-0.05, 0) is 74.2 Å². The van der Waals surface area contributed by atoms with Crippen molar-refractivity contribution in [2.45, 2.75) is 40.5 Å². The molecule has 0 spiro atoms. The maximum Gasteiger partial charge on any atom is 0.149 e. The number of hydrogen-bond acceptors (Lipinski definition) is 2. The lowest BCUT2D eigenvalue weighted by Crippen LogP contribution is -1.97. The van der Waals surface area contributed by atoms with E-state index in [9.17, 15) is 4.39 Å². The first-order valence-corrected chi connectivity index (χ1v) is 9.24. The van der Waals surface area contributed by atoms with Crippen LogP contribution in [0.2, 0.25) is 0 Å². The number of hydrogen-bond donors (Lipinski definition) is 0. The van der Waals surface area contributed by atoms with Gasteiger partial charge in [-0.1, -0.05) is 31.5 Å². The van der Waals surface area contributed by atoms with Crippen LogP contribution in [-0.4, -0.2) is 9.97 Å². The van der Waals surface area contributed by atoms with E-state index in [0.717, 1.165) is 22.2 Å². The molecule has 0 fully saturated rings. The molecule has 0 N–H and O–H groups in total. The van der Waals surface area contributed by atoms with Crippen LogP contribution in [0.4, 0.5) is 4.39 Å². The predicted octanol–water partition coefficient (Wildman–Crippen LogP) is 6.66. The topological polar surface area (TPSA) is 25.8 Å². The number of rotatable bonds is 1. The van der Waals surface area contributed by atoms with Gasteiger partial charge < -0.3 is 0 Å². The maximum absolute atomic E-state index is 13.8. The van der Waals surface area contributed by atoms with Crippen LogP contribution in [0, 0.1) is 26.6 Å². The Morgan fingerprint density at radius 2 is 1.67 bits per heavy atom. The van der Waals surface area contributed by atoms with Crippen LogP contribution >= 0.6 is 0 Å². The van der Waals surface area contributed by atoms with Crippen LogP contribution in [0.25, 0.3) is 21.8 Å². The molecule has 0 bridgehead atoms. The molecule has 2 aromatic carbocycles. The zero-order chi connectivity index (χ0) is 19.6. The normalized spacial score (nSPS) is 10.9. The Morgan fingerprint density at radius 1 is 0.889 bits per heavy atom. The third-order valence-corrected chi connectivity index (χ3v) is 4.55. The number of fused-ring (bicyclic) bond motifs is 2. The Kier molecular flexibility index (Phi) is 5.50. The first kappa shape index (κ1) is 19.0. The lowest BCUT2D eigenvalue weighted by molar-refractivity contribution is 0.635. The van der Waals surface area contributed by atoms with Crippen molar-refractivity contribution in [2.75, 3.05) is 0 Å². The number of aromatic nitrogens is 2. The van der Waals surface area contributed by atoms with Crippen molar-refractivity contribution in [3.63, 3.8) is 0 Å². The highest BCUT2D eigenvalue weighted by molar-refractivity contribution is 5.84. The highest BCUT2D eigenvalue weighted by Crippen LogP contribution is 2.27. The van der Waals surface area contributed by atoms with Gasteiger partial charge in [-0.2, -0.15) is 0 Å². The molecule has 0 radical (unpaired) electrons. The number of nitrogens with zero attached hydrogens (tertiary/aromatic N) is 2. The monoisotopic (exact) mass is 360 g/mol. The van der Waals surface area contributed by atoms with E-state index in [-0.39, 0.29) is 5.82 Å². The van der Waals surface area contributed by atoms with Gasteiger partial charge in [-0.3, -0.25) is 9.97 Å². The van der Waals surface area contributed by atoms with Gasteiger partial charge in [0.1, 0.15) is 11.3 Å². The molecule has 0 amide bonds. The molecule has 2 nitrogen and oxygen atoms in total. The summed E-state index contributed by atoms with van der Waals surface area (Å²) < 4.78 is 13.8. The molecular formula is C24H25FN2. The molecule has 0 saturated heterocycles. The van der Waals surface area contributed by atoms with Crippen LogP contribution in [-0.2, 0) is 0 Å². The fourth-order valence-electron chi connectivity index (χ4n) is 3.25. The van der Waals surface area contributed by atoms with E-state index in [1.807, 2.05) is 44.3 Å². The molecule has 4 rings (SSSR count). The quantitative estimate of drug-likeness (QED) is 0.379. The van der Waals surface area contributed by atoms with E-state index in [4.69, 9.17) is 0 Å². The fourth-order valence-corrected chi connectivity index (χ4v) is 3.25. The number of aryl methyl sites for hydroxylation is 3. The summed E-state index contributed by atoms with van der Waals surface area (Å²) in [5.41, 5.74) is 5.83. The first-order chi connectivity index (χ1) is 12.8. The van der Waals surface area contributed by atoms with Gasteiger partial charge in [0.25, 0.3) is 0 Å². The molecule has 0 saturated carbocycles. The lowest BCUT2D eigenvalue weighted by Gasteiger charge is -2.12.